The molecule has 0 unspecified atom stereocenters. The SMILES string of the molecule is C=CCN(Cc1nc(-c2ccc(Cl)cc2)no1)C(=O)c1ccc(C)c(Cl)c1. The highest BCUT2D eigenvalue weighted by Crippen LogP contribution is 2.21. The summed E-state index contributed by atoms with van der Waals surface area (Å²) < 4.78 is 5.31. The monoisotopic (exact) mass is 401 g/mol. The number of carbonyl (C=O) groups is 1. The Morgan fingerprint density at radius 3 is 2.63 bits per heavy atom. The topological polar surface area (TPSA) is 59.2 Å². The molecule has 0 saturated carbocycles. The summed E-state index contributed by atoms with van der Waals surface area (Å²) in [5, 5.41) is 5.14. The van der Waals surface area contributed by atoms with Gasteiger partial charge in [0.2, 0.25) is 11.7 Å². The number of aryl methyl sites for hydroxylation is 1. The maximum absolute atomic E-state index is 12.8. The van der Waals surface area contributed by atoms with E-state index < -0.39 is 0 Å². The van der Waals surface area contributed by atoms with Crippen molar-refractivity contribution in [1.29, 1.82) is 0 Å². The van der Waals surface area contributed by atoms with E-state index in [2.05, 4.69) is 16.7 Å². The summed E-state index contributed by atoms with van der Waals surface area (Å²) in [6.45, 7) is 6.10. The molecule has 0 saturated heterocycles. The first-order valence-corrected chi connectivity index (χ1v) is 8.98. The van der Waals surface area contributed by atoms with Crippen molar-refractivity contribution in [3.05, 3.63) is 82.2 Å². The van der Waals surface area contributed by atoms with Crippen LogP contribution in [0.25, 0.3) is 11.4 Å². The second-order valence-electron chi connectivity index (χ2n) is 5.96. The molecule has 7 heteroatoms. The maximum atomic E-state index is 12.8. The van der Waals surface area contributed by atoms with Crippen molar-refractivity contribution >= 4 is 29.1 Å². The van der Waals surface area contributed by atoms with E-state index in [-0.39, 0.29) is 12.5 Å². The predicted molar refractivity (Wildman–Crippen MR) is 106 cm³/mol. The molecule has 0 atom stereocenters. The summed E-state index contributed by atoms with van der Waals surface area (Å²) >= 11 is 12.0. The van der Waals surface area contributed by atoms with Crippen LogP contribution in [0, 0.1) is 6.92 Å². The first-order valence-electron chi connectivity index (χ1n) is 8.23. The second-order valence-corrected chi connectivity index (χ2v) is 6.80. The van der Waals surface area contributed by atoms with Crippen LogP contribution in [0.15, 0.2) is 59.6 Å². The predicted octanol–water partition coefficient (Wildman–Crippen LogP) is 5.18. The lowest BCUT2D eigenvalue weighted by Gasteiger charge is -2.19. The van der Waals surface area contributed by atoms with Gasteiger partial charge in [0.1, 0.15) is 6.54 Å². The smallest absolute Gasteiger partial charge is 0.254 e. The van der Waals surface area contributed by atoms with Crippen LogP contribution in [0.3, 0.4) is 0 Å². The molecule has 0 radical (unpaired) electrons. The van der Waals surface area contributed by atoms with Crippen LogP contribution in [0.2, 0.25) is 10.0 Å². The Hall–Kier alpha value is -2.63. The van der Waals surface area contributed by atoms with Gasteiger partial charge in [0, 0.05) is 27.7 Å². The fourth-order valence-electron chi connectivity index (χ4n) is 2.48. The summed E-state index contributed by atoms with van der Waals surface area (Å²) in [5.41, 5.74) is 2.18. The highest BCUT2D eigenvalue weighted by Gasteiger charge is 2.19. The van der Waals surface area contributed by atoms with E-state index in [1.165, 1.54) is 0 Å². The Kier molecular flexibility index (Phi) is 5.94. The largest absolute Gasteiger partial charge is 0.337 e. The normalized spacial score (nSPS) is 10.6. The van der Waals surface area contributed by atoms with Crippen molar-refractivity contribution in [2.45, 2.75) is 13.5 Å². The van der Waals surface area contributed by atoms with E-state index in [1.807, 2.05) is 13.0 Å². The van der Waals surface area contributed by atoms with E-state index in [0.29, 0.717) is 33.9 Å². The number of carbonyl (C=O) groups excluding carboxylic acids is 1. The van der Waals surface area contributed by atoms with E-state index in [0.717, 1.165) is 11.1 Å². The molecule has 27 heavy (non-hydrogen) atoms. The molecule has 138 valence electrons. The highest BCUT2D eigenvalue weighted by molar-refractivity contribution is 6.31. The number of nitrogens with zero attached hydrogens (tertiary/aromatic N) is 3. The fourth-order valence-corrected chi connectivity index (χ4v) is 2.79. The Morgan fingerprint density at radius 1 is 1.22 bits per heavy atom. The van der Waals surface area contributed by atoms with Crippen molar-refractivity contribution in [3.63, 3.8) is 0 Å². The zero-order valence-electron chi connectivity index (χ0n) is 14.7. The zero-order valence-corrected chi connectivity index (χ0v) is 16.2. The van der Waals surface area contributed by atoms with Crippen LogP contribution >= 0.6 is 23.2 Å². The molecule has 1 heterocycles. The third kappa shape index (κ3) is 4.56. The summed E-state index contributed by atoms with van der Waals surface area (Å²) in [7, 11) is 0. The molecule has 0 aliphatic carbocycles. The van der Waals surface area contributed by atoms with Gasteiger partial charge in [-0.1, -0.05) is 40.5 Å². The Labute approximate surface area is 167 Å². The zero-order chi connectivity index (χ0) is 19.4. The number of benzene rings is 2. The molecule has 0 aliphatic rings. The Bertz CT molecular complexity index is 968. The lowest BCUT2D eigenvalue weighted by Crippen LogP contribution is -2.30. The lowest BCUT2D eigenvalue weighted by atomic mass is 10.1. The number of rotatable bonds is 6. The molecule has 1 aromatic heterocycles. The molecule has 2 aromatic carbocycles. The molecule has 0 aliphatic heterocycles. The van der Waals surface area contributed by atoms with Gasteiger partial charge in [-0.15, -0.1) is 6.58 Å². The average Bonchev–Trinajstić information content (AvgIpc) is 3.12. The number of halogens is 2. The molecule has 3 rings (SSSR count). The van der Waals surface area contributed by atoms with Gasteiger partial charge in [0.15, 0.2) is 0 Å². The van der Waals surface area contributed by atoms with Gasteiger partial charge >= 0.3 is 0 Å². The minimum Gasteiger partial charge on any atom is -0.337 e. The van der Waals surface area contributed by atoms with Crippen LogP contribution < -0.4 is 0 Å². The van der Waals surface area contributed by atoms with E-state index in [9.17, 15) is 4.79 Å². The van der Waals surface area contributed by atoms with Gasteiger partial charge in [0.25, 0.3) is 5.91 Å². The fraction of sp³-hybridized carbons (Fsp3) is 0.150. The van der Waals surface area contributed by atoms with Crippen LogP contribution in [0.1, 0.15) is 21.8 Å². The Balaban J connectivity index is 1.80. The van der Waals surface area contributed by atoms with Crippen LogP contribution in [-0.2, 0) is 6.54 Å². The summed E-state index contributed by atoms with van der Waals surface area (Å²) in [6, 6.07) is 12.3. The van der Waals surface area contributed by atoms with Gasteiger partial charge in [-0.2, -0.15) is 4.98 Å². The first-order chi connectivity index (χ1) is 13.0. The molecule has 0 spiro atoms. The molecule has 0 fully saturated rings. The molecule has 0 bridgehead atoms. The van der Waals surface area contributed by atoms with Crippen molar-refractivity contribution in [1.82, 2.24) is 15.0 Å². The van der Waals surface area contributed by atoms with Gasteiger partial charge in [-0.25, -0.2) is 0 Å². The van der Waals surface area contributed by atoms with Gasteiger partial charge in [-0.3, -0.25) is 4.79 Å². The van der Waals surface area contributed by atoms with Crippen molar-refractivity contribution in [3.8, 4) is 11.4 Å². The minimum atomic E-state index is -0.192. The van der Waals surface area contributed by atoms with Gasteiger partial charge in [0.05, 0.1) is 0 Å². The average molecular weight is 402 g/mol. The molecular weight excluding hydrogens is 385 g/mol. The molecular formula is C20H17Cl2N3O2. The van der Waals surface area contributed by atoms with Crippen molar-refractivity contribution in [2.24, 2.45) is 0 Å². The van der Waals surface area contributed by atoms with E-state index in [4.69, 9.17) is 27.7 Å². The number of hydrogen-bond acceptors (Lipinski definition) is 4. The summed E-state index contributed by atoms with van der Waals surface area (Å²) in [5.74, 6) is 0.572. The summed E-state index contributed by atoms with van der Waals surface area (Å²) in [6.07, 6.45) is 1.64. The molecule has 1 amide bonds. The van der Waals surface area contributed by atoms with Crippen molar-refractivity contribution < 1.29 is 9.32 Å². The third-order valence-electron chi connectivity index (χ3n) is 3.95. The number of hydrogen-bond donors (Lipinski definition) is 0. The number of amides is 1. The molecule has 0 N–H and O–H groups in total. The minimum absolute atomic E-state index is 0.164. The quantitative estimate of drug-likeness (QED) is 0.533. The maximum Gasteiger partial charge on any atom is 0.254 e. The second kappa shape index (κ2) is 8.37. The van der Waals surface area contributed by atoms with Crippen LogP contribution in [0.4, 0.5) is 0 Å². The van der Waals surface area contributed by atoms with E-state index >= 15 is 0 Å². The van der Waals surface area contributed by atoms with Crippen LogP contribution in [0.5, 0.6) is 0 Å². The highest BCUT2D eigenvalue weighted by atomic mass is 35.5. The van der Waals surface area contributed by atoms with Gasteiger partial charge in [-0.05, 0) is 48.9 Å². The van der Waals surface area contributed by atoms with E-state index in [1.54, 1.807) is 47.4 Å². The Morgan fingerprint density at radius 2 is 1.96 bits per heavy atom. The van der Waals surface area contributed by atoms with Gasteiger partial charge < -0.3 is 9.42 Å². The first kappa shape index (κ1) is 19.1. The molecule has 3 aromatic rings. The number of aromatic nitrogens is 2. The molecule has 5 nitrogen and oxygen atoms in total. The standard InChI is InChI=1S/C20H17Cl2N3O2/c1-3-10-25(20(26)15-5-4-13(2)17(22)11-15)12-18-23-19(24-27-18)14-6-8-16(21)9-7-14/h3-9,11H,1,10,12H2,2H3. The lowest BCUT2D eigenvalue weighted by molar-refractivity contribution is 0.0745. The van der Waals surface area contributed by atoms with Crippen LogP contribution in [-0.4, -0.2) is 27.5 Å². The van der Waals surface area contributed by atoms with Crippen molar-refractivity contribution in [2.75, 3.05) is 6.54 Å². The summed E-state index contributed by atoms with van der Waals surface area (Å²) in [4.78, 5) is 18.8. The third-order valence-corrected chi connectivity index (χ3v) is 4.61.